The number of amides is 1. The lowest BCUT2D eigenvalue weighted by Crippen LogP contribution is -2.61. The topological polar surface area (TPSA) is 77.9 Å². The number of β-amino-alcohol motifs (C(OH)–C–C–N with tert-alkyl or cyclic N) is 1. The van der Waals surface area contributed by atoms with Gasteiger partial charge in [-0.25, -0.2) is 12.7 Å². The average Bonchev–Trinajstić information content (AvgIpc) is 2.35. The number of rotatable bonds is 3. The van der Waals surface area contributed by atoms with Gasteiger partial charge >= 0.3 is 0 Å². The Morgan fingerprint density at radius 2 is 1.75 bits per heavy atom. The molecule has 0 radical (unpaired) electrons. The van der Waals surface area contributed by atoms with Gasteiger partial charge in [-0.15, -0.1) is 0 Å². The van der Waals surface area contributed by atoms with Crippen molar-refractivity contribution in [1.29, 1.82) is 0 Å². The molecule has 1 aromatic carbocycles. The molecule has 1 heterocycles. The molecule has 6 nitrogen and oxygen atoms in total. The molecular formula is C13H18N2O4S. The van der Waals surface area contributed by atoms with E-state index in [4.69, 9.17) is 0 Å². The third-order valence-corrected chi connectivity index (χ3v) is 5.06. The van der Waals surface area contributed by atoms with E-state index in [-0.39, 0.29) is 10.8 Å². The molecule has 0 bridgehead atoms. The van der Waals surface area contributed by atoms with Crippen molar-refractivity contribution in [2.75, 3.05) is 27.2 Å². The lowest BCUT2D eigenvalue weighted by molar-refractivity contribution is -0.0668. The molecule has 0 aliphatic carbocycles. The molecule has 1 fully saturated rings. The number of carbonyl (C=O) groups is 1. The van der Waals surface area contributed by atoms with Gasteiger partial charge in [-0.3, -0.25) is 4.79 Å². The predicted octanol–water partition coefficient (Wildman–Crippen LogP) is 0.144. The van der Waals surface area contributed by atoms with Crippen LogP contribution in [-0.4, -0.2) is 61.4 Å². The first kappa shape index (κ1) is 15.0. The Bertz CT molecular complexity index is 612. The van der Waals surface area contributed by atoms with Crippen LogP contribution < -0.4 is 0 Å². The van der Waals surface area contributed by atoms with Crippen molar-refractivity contribution in [3.63, 3.8) is 0 Å². The monoisotopic (exact) mass is 298 g/mol. The summed E-state index contributed by atoms with van der Waals surface area (Å²) in [5.74, 6) is -0.203. The minimum absolute atomic E-state index is 0.148. The number of likely N-dealkylation sites (tertiary alicyclic amines) is 1. The number of sulfonamides is 1. The van der Waals surface area contributed by atoms with Crippen LogP contribution in [0.25, 0.3) is 0 Å². The minimum atomic E-state index is -3.48. The Kier molecular flexibility index (Phi) is 3.62. The third kappa shape index (κ3) is 2.70. The molecule has 0 unspecified atom stereocenters. The maximum absolute atomic E-state index is 12.1. The van der Waals surface area contributed by atoms with Gasteiger partial charge in [0.05, 0.1) is 23.6 Å². The first-order chi connectivity index (χ1) is 9.13. The summed E-state index contributed by atoms with van der Waals surface area (Å²) in [6.45, 7) is 2.26. The summed E-state index contributed by atoms with van der Waals surface area (Å²) in [4.78, 5) is 13.7. The quantitative estimate of drug-likeness (QED) is 0.861. The van der Waals surface area contributed by atoms with E-state index in [0.717, 1.165) is 4.31 Å². The largest absolute Gasteiger partial charge is 0.386 e. The van der Waals surface area contributed by atoms with Crippen LogP contribution in [0, 0.1) is 0 Å². The van der Waals surface area contributed by atoms with E-state index >= 15 is 0 Å². The molecule has 1 aliphatic heterocycles. The van der Waals surface area contributed by atoms with Gasteiger partial charge in [0.1, 0.15) is 0 Å². The van der Waals surface area contributed by atoms with E-state index in [2.05, 4.69) is 0 Å². The highest BCUT2D eigenvalue weighted by Gasteiger charge is 2.39. The molecule has 1 amide bonds. The fourth-order valence-electron chi connectivity index (χ4n) is 2.08. The molecule has 0 saturated carbocycles. The first-order valence-electron chi connectivity index (χ1n) is 6.18. The summed E-state index contributed by atoms with van der Waals surface area (Å²) in [6.07, 6.45) is 0. The van der Waals surface area contributed by atoms with Crippen molar-refractivity contribution in [3.8, 4) is 0 Å². The average molecular weight is 298 g/mol. The molecule has 1 aromatic rings. The maximum atomic E-state index is 12.1. The lowest BCUT2D eigenvalue weighted by Gasteiger charge is -2.44. The van der Waals surface area contributed by atoms with Gasteiger partial charge in [-0.05, 0) is 31.2 Å². The van der Waals surface area contributed by atoms with Crippen LogP contribution in [0.5, 0.6) is 0 Å². The second kappa shape index (κ2) is 4.83. The minimum Gasteiger partial charge on any atom is -0.386 e. The highest BCUT2D eigenvalue weighted by atomic mass is 32.2. The number of nitrogens with zero attached hydrogens (tertiary/aromatic N) is 2. The molecule has 0 spiro atoms. The summed E-state index contributed by atoms with van der Waals surface area (Å²) >= 11 is 0. The second-order valence-electron chi connectivity index (χ2n) is 5.47. The molecular weight excluding hydrogens is 280 g/mol. The Hall–Kier alpha value is -1.44. The Balaban J connectivity index is 2.16. The number of aliphatic hydroxyl groups is 1. The van der Waals surface area contributed by atoms with Crippen molar-refractivity contribution in [1.82, 2.24) is 9.21 Å². The van der Waals surface area contributed by atoms with Gasteiger partial charge in [-0.2, -0.15) is 0 Å². The zero-order valence-corrected chi connectivity index (χ0v) is 12.5. The lowest BCUT2D eigenvalue weighted by atomic mass is 9.96. The van der Waals surface area contributed by atoms with Crippen LogP contribution in [0.2, 0.25) is 0 Å². The molecule has 110 valence electrons. The number of carbonyl (C=O) groups excluding carboxylic acids is 1. The van der Waals surface area contributed by atoms with Gasteiger partial charge < -0.3 is 10.0 Å². The van der Waals surface area contributed by atoms with E-state index in [9.17, 15) is 18.3 Å². The van der Waals surface area contributed by atoms with Crippen LogP contribution in [0.4, 0.5) is 0 Å². The normalized spacial score (nSPS) is 17.9. The Morgan fingerprint density at radius 1 is 1.25 bits per heavy atom. The summed E-state index contributed by atoms with van der Waals surface area (Å²) in [6, 6.07) is 5.82. The van der Waals surface area contributed by atoms with E-state index in [0.29, 0.717) is 18.7 Å². The van der Waals surface area contributed by atoms with Crippen LogP contribution in [0.3, 0.4) is 0 Å². The van der Waals surface area contributed by atoms with Crippen LogP contribution in [-0.2, 0) is 10.0 Å². The Morgan fingerprint density at radius 3 is 2.15 bits per heavy atom. The van der Waals surface area contributed by atoms with Crippen molar-refractivity contribution in [3.05, 3.63) is 29.8 Å². The highest BCUT2D eigenvalue weighted by Crippen LogP contribution is 2.23. The molecule has 7 heteroatoms. The number of hydrogen-bond donors (Lipinski definition) is 1. The Labute approximate surface area is 118 Å². The van der Waals surface area contributed by atoms with E-state index in [1.165, 1.54) is 43.3 Å². The SMILES string of the molecule is CN(C)S(=O)(=O)c1ccc(C(=O)N2CC(C)(O)C2)cc1. The molecule has 1 N–H and O–H groups in total. The number of hydrogen-bond acceptors (Lipinski definition) is 4. The second-order valence-corrected chi connectivity index (χ2v) is 7.62. The van der Waals surface area contributed by atoms with E-state index in [1.807, 2.05) is 0 Å². The van der Waals surface area contributed by atoms with Crippen molar-refractivity contribution in [2.45, 2.75) is 17.4 Å². The van der Waals surface area contributed by atoms with E-state index < -0.39 is 15.6 Å². The fraction of sp³-hybridized carbons (Fsp3) is 0.462. The van der Waals surface area contributed by atoms with Gasteiger partial charge in [-0.1, -0.05) is 0 Å². The standard InChI is InChI=1S/C13H18N2O4S/c1-13(17)8-15(9-13)12(16)10-4-6-11(7-5-10)20(18,19)14(2)3/h4-7,17H,8-9H2,1-3H3. The molecule has 0 atom stereocenters. The highest BCUT2D eigenvalue weighted by molar-refractivity contribution is 7.89. The van der Waals surface area contributed by atoms with Gasteiger partial charge in [0.2, 0.25) is 10.0 Å². The molecule has 1 aliphatic rings. The van der Waals surface area contributed by atoms with Crippen molar-refractivity contribution < 1.29 is 18.3 Å². The van der Waals surface area contributed by atoms with Crippen molar-refractivity contribution >= 4 is 15.9 Å². The first-order valence-corrected chi connectivity index (χ1v) is 7.62. The van der Waals surface area contributed by atoms with Crippen LogP contribution in [0.1, 0.15) is 17.3 Å². The molecule has 0 aromatic heterocycles. The predicted molar refractivity (Wildman–Crippen MR) is 73.8 cm³/mol. The number of benzene rings is 1. The van der Waals surface area contributed by atoms with Crippen molar-refractivity contribution in [2.24, 2.45) is 0 Å². The van der Waals surface area contributed by atoms with Gasteiger partial charge in [0.25, 0.3) is 5.91 Å². The fourth-order valence-corrected chi connectivity index (χ4v) is 2.98. The summed E-state index contributed by atoms with van der Waals surface area (Å²) < 4.78 is 24.9. The van der Waals surface area contributed by atoms with Crippen LogP contribution >= 0.6 is 0 Å². The molecule has 20 heavy (non-hydrogen) atoms. The molecule has 1 saturated heterocycles. The van der Waals surface area contributed by atoms with Gasteiger partial charge in [0.15, 0.2) is 0 Å². The summed E-state index contributed by atoms with van der Waals surface area (Å²) in [5.41, 5.74) is -0.401. The van der Waals surface area contributed by atoms with E-state index in [1.54, 1.807) is 6.92 Å². The summed E-state index contributed by atoms with van der Waals surface area (Å²) in [7, 11) is -0.572. The summed E-state index contributed by atoms with van der Waals surface area (Å²) in [5, 5.41) is 9.61. The molecule has 2 rings (SSSR count). The zero-order chi connectivity index (χ0) is 15.1. The smallest absolute Gasteiger partial charge is 0.254 e. The van der Waals surface area contributed by atoms with Crippen LogP contribution in [0.15, 0.2) is 29.2 Å². The maximum Gasteiger partial charge on any atom is 0.254 e. The van der Waals surface area contributed by atoms with Gasteiger partial charge in [0, 0.05) is 19.7 Å². The third-order valence-electron chi connectivity index (χ3n) is 3.23. The zero-order valence-electron chi connectivity index (χ0n) is 11.7.